The summed E-state index contributed by atoms with van der Waals surface area (Å²) in [5.74, 6) is 4.04. The van der Waals surface area contributed by atoms with Crippen molar-refractivity contribution < 1.29 is 10.2 Å². The third-order valence-corrected chi connectivity index (χ3v) is 10.7. The summed E-state index contributed by atoms with van der Waals surface area (Å²) < 4.78 is 0. The molecule has 1 aromatic rings. The van der Waals surface area contributed by atoms with Crippen molar-refractivity contribution >= 4 is 0 Å². The van der Waals surface area contributed by atoms with Crippen LogP contribution in [0.5, 0.6) is 0 Å². The zero-order valence-corrected chi connectivity index (χ0v) is 19.1. The summed E-state index contributed by atoms with van der Waals surface area (Å²) in [6, 6.07) is 10.5. The van der Waals surface area contributed by atoms with Crippen LogP contribution in [0.4, 0.5) is 0 Å². The Morgan fingerprint density at radius 2 is 1.63 bits per heavy atom. The Morgan fingerprint density at radius 3 is 2.43 bits per heavy atom. The number of hydrogen-bond donors (Lipinski definition) is 2. The van der Waals surface area contributed by atoms with Gasteiger partial charge in [-0.3, -0.25) is 0 Å². The molecule has 5 rings (SSSR count). The van der Waals surface area contributed by atoms with E-state index in [1.165, 1.54) is 50.5 Å². The van der Waals surface area contributed by atoms with Crippen LogP contribution in [-0.4, -0.2) is 22.4 Å². The SMILES string of the molecule is CC12CCC(O)CC1CCC1C2CCC2(C)C1CC[C@@H]2C[C@@H](O)Cc1ccccc1. The first-order valence-corrected chi connectivity index (χ1v) is 12.8. The van der Waals surface area contributed by atoms with Crippen LogP contribution >= 0.6 is 0 Å². The second kappa shape index (κ2) is 7.93. The number of rotatable bonds is 4. The van der Waals surface area contributed by atoms with E-state index in [4.69, 9.17) is 0 Å². The van der Waals surface area contributed by atoms with Crippen LogP contribution in [-0.2, 0) is 6.42 Å². The predicted molar refractivity (Wildman–Crippen MR) is 122 cm³/mol. The Labute approximate surface area is 183 Å². The van der Waals surface area contributed by atoms with Crippen molar-refractivity contribution in [1.29, 1.82) is 0 Å². The maximum Gasteiger partial charge on any atom is 0.0583 e. The average molecular weight is 411 g/mol. The minimum atomic E-state index is -0.209. The lowest BCUT2D eigenvalue weighted by molar-refractivity contribution is -0.128. The molecule has 0 radical (unpaired) electrons. The largest absolute Gasteiger partial charge is 0.393 e. The van der Waals surface area contributed by atoms with Crippen LogP contribution in [0.15, 0.2) is 30.3 Å². The summed E-state index contributed by atoms with van der Waals surface area (Å²) in [5, 5.41) is 21.1. The molecule has 4 aliphatic carbocycles. The first-order chi connectivity index (χ1) is 14.4. The van der Waals surface area contributed by atoms with Gasteiger partial charge in [-0.25, -0.2) is 0 Å². The minimum absolute atomic E-state index is 0.0459. The molecule has 7 unspecified atom stereocenters. The van der Waals surface area contributed by atoms with Gasteiger partial charge in [0.1, 0.15) is 0 Å². The highest BCUT2D eigenvalue weighted by molar-refractivity contribution is 5.16. The topological polar surface area (TPSA) is 40.5 Å². The minimum Gasteiger partial charge on any atom is -0.393 e. The number of benzene rings is 1. The summed E-state index contributed by atoms with van der Waals surface area (Å²) in [4.78, 5) is 0. The fourth-order valence-electron chi connectivity index (χ4n) is 9.03. The molecule has 4 fully saturated rings. The molecule has 4 saturated carbocycles. The lowest BCUT2D eigenvalue weighted by Crippen LogP contribution is -2.54. The Morgan fingerprint density at radius 1 is 0.900 bits per heavy atom. The lowest BCUT2D eigenvalue weighted by atomic mass is 9.44. The second-order valence-corrected chi connectivity index (χ2v) is 12.0. The third-order valence-electron chi connectivity index (χ3n) is 10.7. The van der Waals surface area contributed by atoms with E-state index in [0.717, 1.165) is 49.4 Å². The van der Waals surface area contributed by atoms with E-state index in [1.54, 1.807) is 0 Å². The van der Waals surface area contributed by atoms with E-state index in [-0.39, 0.29) is 12.2 Å². The van der Waals surface area contributed by atoms with Crippen molar-refractivity contribution in [2.24, 2.45) is 40.4 Å². The standard InChI is InChI=1S/C28H42O2/c1-27-14-12-22(29)17-20(27)8-10-24-25-11-9-21(28(25,2)15-13-26(24)27)18-23(30)16-19-6-4-3-5-7-19/h3-7,20-26,29-30H,8-18H2,1-2H3/t20?,21-,22?,23+,24?,25?,26?,27?,28?/m1/s1. The van der Waals surface area contributed by atoms with Crippen LogP contribution < -0.4 is 0 Å². The lowest BCUT2D eigenvalue weighted by Gasteiger charge is -2.61. The molecule has 30 heavy (non-hydrogen) atoms. The van der Waals surface area contributed by atoms with Crippen molar-refractivity contribution in [3.8, 4) is 0 Å². The predicted octanol–water partition coefficient (Wildman–Crippen LogP) is 6.00. The first-order valence-electron chi connectivity index (χ1n) is 12.8. The first kappa shape index (κ1) is 21.0. The highest BCUT2D eigenvalue weighted by atomic mass is 16.3. The van der Waals surface area contributed by atoms with E-state index < -0.39 is 0 Å². The zero-order chi connectivity index (χ0) is 20.9. The normalized spacial score (nSPS) is 46.5. The highest BCUT2D eigenvalue weighted by Gasteiger charge is 2.60. The maximum absolute atomic E-state index is 10.9. The second-order valence-electron chi connectivity index (χ2n) is 12.0. The van der Waals surface area contributed by atoms with Crippen LogP contribution in [0, 0.1) is 40.4 Å². The molecule has 2 N–H and O–H groups in total. The van der Waals surface area contributed by atoms with Crippen molar-refractivity contribution in [2.75, 3.05) is 0 Å². The smallest absolute Gasteiger partial charge is 0.0583 e. The van der Waals surface area contributed by atoms with Gasteiger partial charge < -0.3 is 10.2 Å². The third kappa shape index (κ3) is 3.47. The molecule has 166 valence electrons. The molecule has 0 heterocycles. The molecule has 0 spiro atoms. The van der Waals surface area contributed by atoms with Crippen LogP contribution in [0.1, 0.15) is 83.6 Å². The fraction of sp³-hybridized carbons (Fsp3) is 0.786. The highest BCUT2D eigenvalue weighted by Crippen LogP contribution is 2.67. The van der Waals surface area contributed by atoms with Gasteiger partial charge in [0.25, 0.3) is 0 Å². The molecular formula is C28H42O2. The Balaban J connectivity index is 1.28. The molecule has 1 aromatic carbocycles. The van der Waals surface area contributed by atoms with E-state index in [9.17, 15) is 10.2 Å². The van der Waals surface area contributed by atoms with E-state index >= 15 is 0 Å². The van der Waals surface area contributed by atoms with Gasteiger partial charge >= 0.3 is 0 Å². The van der Waals surface area contributed by atoms with E-state index in [0.29, 0.717) is 16.7 Å². The average Bonchev–Trinajstić information content (AvgIpc) is 3.05. The number of fused-ring (bicyclic) bond motifs is 5. The molecule has 2 heteroatoms. The van der Waals surface area contributed by atoms with Gasteiger partial charge in [0.15, 0.2) is 0 Å². The van der Waals surface area contributed by atoms with Crippen LogP contribution in [0.25, 0.3) is 0 Å². The van der Waals surface area contributed by atoms with Crippen LogP contribution in [0.2, 0.25) is 0 Å². The van der Waals surface area contributed by atoms with Gasteiger partial charge in [0, 0.05) is 0 Å². The van der Waals surface area contributed by atoms with E-state index in [1.807, 2.05) is 0 Å². The van der Waals surface area contributed by atoms with Crippen LogP contribution in [0.3, 0.4) is 0 Å². The van der Waals surface area contributed by atoms with Gasteiger partial charge in [-0.2, -0.15) is 0 Å². The molecule has 0 bridgehead atoms. The van der Waals surface area contributed by atoms with E-state index in [2.05, 4.69) is 44.2 Å². The van der Waals surface area contributed by atoms with Crippen molar-refractivity contribution in [3.63, 3.8) is 0 Å². The molecule has 9 atom stereocenters. The Bertz CT molecular complexity index is 731. The molecule has 0 aliphatic heterocycles. The summed E-state index contributed by atoms with van der Waals surface area (Å²) in [6.45, 7) is 5.17. The quantitative estimate of drug-likeness (QED) is 0.639. The Hall–Kier alpha value is -0.860. The van der Waals surface area contributed by atoms with Crippen molar-refractivity contribution in [2.45, 2.75) is 96.7 Å². The molecule has 0 amide bonds. The number of hydrogen-bond acceptors (Lipinski definition) is 2. The van der Waals surface area contributed by atoms with Crippen molar-refractivity contribution in [3.05, 3.63) is 35.9 Å². The summed E-state index contributed by atoms with van der Waals surface area (Å²) >= 11 is 0. The molecule has 2 nitrogen and oxygen atoms in total. The van der Waals surface area contributed by atoms with Crippen molar-refractivity contribution in [1.82, 2.24) is 0 Å². The Kier molecular flexibility index (Phi) is 5.55. The van der Waals surface area contributed by atoms with Gasteiger partial charge in [0.05, 0.1) is 12.2 Å². The van der Waals surface area contributed by atoms with Gasteiger partial charge in [-0.1, -0.05) is 44.2 Å². The summed E-state index contributed by atoms with van der Waals surface area (Å²) in [5.41, 5.74) is 2.16. The molecule has 0 aromatic heterocycles. The number of aliphatic hydroxyl groups is 2. The molecule has 4 aliphatic rings. The van der Waals surface area contributed by atoms with Gasteiger partial charge in [-0.15, -0.1) is 0 Å². The monoisotopic (exact) mass is 410 g/mol. The molecular weight excluding hydrogens is 368 g/mol. The summed E-state index contributed by atoms with van der Waals surface area (Å²) in [6.07, 6.45) is 13.0. The summed E-state index contributed by atoms with van der Waals surface area (Å²) in [7, 11) is 0. The molecule has 0 saturated heterocycles. The fourth-order valence-corrected chi connectivity index (χ4v) is 9.03. The van der Waals surface area contributed by atoms with Gasteiger partial charge in [0.2, 0.25) is 0 Å². The maximum atomic E-state index is 10.9. The van der Waals surface area contributed by atoms with Gasteiger partial charge in [-0.05, 0) is 117 Å². The number of aliphatic hydroxyl groups excluding tert-OH is 2. The zero-order valence-electron chi connectivity index (χ0n) is 19.1.